The van der Waals surface area contributed by atoms with Gasteiger partial charge in [0.15, 0.2) is 0 Å². The standard InChI is InChI=1S/C15H26N2O3/c1-12(2)17(11-13(18)19)14(20)16-9-7-15(8-10-16)5-3-4-6-15/h12H,3-11H2,1-2H3,(H,18,19). The van der Waals surface area contributed by atoms with Crippen molar-refractivity contribution in [2.45, 2.75) is 58.4 Å². The van der Waals surface area contributed by atoms with Crippen LogP contribution in [0, 0.1) is 5.41 Å². The summed E-state index contributed by atoms with van der Waals surface area (Å²) in [5, 5.41) is 8.94. The fourth-order valence-corrected chi connectivity index (χ4v) is 3.60. The van der Waals surface area contributed by atoms with Crippen molar-refractivity contribution in [1.29, 1.82) is 0 Å². The minimum Gasteiger partial charge on any atom is -0.480 e. The van der Waals surface area contributed by atoms with Gasteiger partial charge in [0.1, 0.15) is 6.54 Å². The Labute approximate surface area is 120 Å². The predicted octanol–water partition coefficient (Wildman–Crippen LogP) is 2.56. The lowest BCUT2D eigenvalue weighted by molar-refractivity contribution is -0.138. The highest BCUT2D eigenvalue weighted by Crippen LogP contribution is 2.46. The predicted molar refractivity (Wildman–Crippen MR) is 76.6 cm³/mol. The van der Waals surface area contributed by atoms with Crippen molar-refractivity contribution < 1.29 is 14.7 Å². The van der Waals surface area contributed by atoms with Crippen molar-refractivity contribution in [3.8, 4) is 0 Å². The quantitative estimate of drug-likeness (QED) is 0.865. The third kappa shape index (κ3) is 3.25. The van der Waals surface area contributed by atoms with Crippen molar-refractivity contribution in [2.75, 3.05) is 19.6 Å². The van der Waals surface area contributed by atoms with Crippen LogP contribution < -0.4 is 0 Å². The molecule has 0 aromatic heterocycles. The SMILES string of the molecule is CC(C)N(CC(=O)O)C(=O)N1CCC2(CCCC2)CC1. The molecule has 0 aromatic rings. The maximum absolute atomic E-state index is 12.5. The number of rotatable bonds is 3. The van der Waals surface area contributed by atoms with Crippen LogP contribution in [0.2, 0.25) is 0 Å². The van der Waals surface area contributed by atoms with Gasteiger partial charge in [-0.05, 0) is 44.9 Å². The summed E-state index contributed by atoms with van der Waals surface area (Å²) in [7, 11) is 0. The molecule has 0 aromatic carbocycles. The van der Waals surface area contributed by atoms with Gasteiger partial charge in [0, 0.05) is 19.1 Å². The molecule has 2 amide bonds. The van der Waals surface area contributed by atoms with E-state index < -0.39 is 5.97 Å². The van der Waals surface area contributed by atoms with Gasteiger partial charge in [0.25, 0.3) is 0 Å². The highest BCUT2D eigenvalue weighted by molar-refractivity contribution is 5.80. The largest absolute Gasteiger partial charge is 0.480 e. The first-order valence-corrected chi connectivity index (χ1v) is 7.71. The minimum absolute atomic E-state index is 0.0824. The first-order chi connectivity index (χ1) is 9.43. The van der Waals surface area contributed by atoms with Crippen LogP contribution in [-0.2, 0) is 4.79 Å². The van der Waals surface area contributed by atoms with Crippen molar-refractivity contribution in [3.05, 3.63) is 0 Å². The van der Waals surface area contributed by atoms with Crippen LogP contribution in [0.1, 0.15) is 52.4 Å². The Balaban J connectivity index is 1.94. The molecular formula is C15H26N2O3. The Morgan fingerprint density at radius 2 is 1.70 bits per heavy atom. The summed E-state index contributed by atoms with van der Waals surface area (Å²) >= 11 is 0. The molecule has 1 aliphatic carbocycles. The Morgan fingerprint density at radius 1 is 1.15 bits per heavy atom. The Bertz CT molecular complexity index is 365. The summed E-state index contributed by atoms with van der Waals surface area (Å²) in [4.78, 5) is 26.7. The number of nitrogens with zero attached hydrogens (tertiary/aromatic N) is 2. The number of piperidine rings is 1. The molecular weight excluding hydrogens is 256 g/mol. The summed E-state index contributed by atoms with van der Waals surface area (Å²) < 4.78 is 0. The average molecular weight is 282 g/mol. The highest BCUT2D eigenvalue weighted by atomic mass is 16.4. The van der Waals surface area contributed by atoms with Crippen LogP contribution in [0.25, 0.3) is 0 Å². The Hall–Kier alpha value is -1.26. The molecule has 1 saturated heterocycles. The number of hydrogen-bond donors (Lipinski definition) is 1. The zero-order chi connectivity index (χ0) is 14.8. The fourth-order valence-electron chi connectivity index (χ4n) is 3.60. The molecule has 5 heteroatoms. The van der Waals surface area contributed by atoms with Crippen molar-refractivity contribution in [2.24, 2.45) is 5.41 Å². The van der Waals surface area contributed by atoms with Crippen LogP contribution in [0.15, 0.2) is 0 Å². The molecule has 0 radical (unpaired) electrons. The lowest BCUT2D eigenvalue weighted by Gasteiger charge is -2.41. The van der Waals surface area contributed by atoms with Gasteiger partial charge in [-0.2, -0.15) is 0 Å². The summed E-state index contributed by atoms with van der Waals surface area (Å²) in [6, 6.07) is -0.198. The molecule has 1 aliphatic heterocycles. The minimum atomic E-state index is -0.948. The number of hydrogen-bond acceptors (Lipinski definition) is 2. The van der Waals surface area contributed by atoms with E-state index in [1.165, 1.54) is 30.6 Å². The molecule has 1 heterocycles. The third-order valence-electron chi connectivity index (χ3n) is 4.93. The van der Waals surface area contributed by atoms with E-state index in [0.717, 1.165) is 25.9 Å². The second-order valence-electron chi connectivity index (χ2n) is 6.59. The van der Waals surface area contributed by atoms with Crippen molar-refractivity contribution in [3.63, 3.8) is 0 Å². The number of aliphatic carboxylic acids is 1. The van der Waals surface area contributed by atoms with Crippen LogP contribution >= 0.6 is 0 Å². The van der Waals surface area contributed by atoms with Crippen LogP contribution in [0.4, 0.5) is 4.79 Å². The van der Waals surface area contributed by atoms with Crippen molar-refractivity contribution in [1.82, 2.24) is 9.80 Å². The van der Waals surface area contributed by atoms with Gasteiger partial charge in [0.2, 0.25) is 0 Å². The molecule has 1 saturated carbocycles. The van der Waals surface area contributed by atoms with E-state index in [0.29, 0.717) is 5.41 Å². The van der Waals surface area contributed by atoms with Gasteiger partial charge in [-0.25, -0.2) is 4.79 Å². The number of amides is 2. The lowest BCUT2D eigenvalue weighted by Crippen LogP contribution is -2.51. The fraction of sp³-hybridized carbons (Fsp3) is 0.867. The van der Waals surface area contributed by atoms with Crippen LogP contribution in [-0.4, -0.2) is 52.6 Å². The molecule has 2 rings (SSSR count). The molecule has 2 fully saturated rings. The normalized spacial score (nSPS) is 21.4. The molecule has 0 unspecified atom stereocenters. The van der Waals surface area contributed by atoms with E-state index in [9.17, 15) is 9.59 Å². The molecule has 1 N–H and O–H groups in total. The number of carboxylic acid groups (broad SMARTS) is 1. The van der Waals surface area contributed by atoms with Gasteiger partial charge >= 0.3 is 12.0 Å². The molecule has 114 valence electrons. The average Bonchev–Trinajstić information content (AvgIpc) is 2.84. The number of carbonyl (C=O) groups excluding carboxylic acids is 1. The molecule has 0 atom stereocenters. The van der Waals surface area contributed by atoms with E-state index in [4.69, 9.17) is 5.11 Å². The summed E-state index contributed by atoms with van der Waals surface area (Å²) in [5.41, 5.74) is 0.478. The van der Waals surface area contributed by atoms with Gasteiger partial charge in [-0.1, -0.05) is 12.8 Å². The third-order valence-corrected chi connectivity index (χ3v) is 4.93. The maximum atomic E-state index is 12.5. The summed E-state index contributed by atoms with van der Waals surface area (Å²) in [6.45, 7) is 5.08. The van der Waals surface area contributed by atoms with E-state index in [1.807, 2.05) is 18.7 Å². The monoisotopic (exact) mass is 282 g/mol. The molecule has 2 aliphatic rings. The van der Waals surface area contributed by atoms with Gasteiger partial charge in [-0.3, -0.25) is 4.79 Å². The van der Waals surface area contributed by atoms with E-state index >= 15 is 0 Å². The molecule has 20 heavy (non-hydrogen) atoms. The topological polar surface area (TPSA) is 60.9 Å². The van der Waals surface area contributed by atoms with Gasteiger partial charge in [-0.15, -0.1) is 0 Å². The number of carboxylic acids is 1. The molecule has 5 nitrogen and oxygen atoms in total. The lowest BCUT2D eigenvalue weighted by atomic mass is 9.77. The Morgan fingerprint density at radius 3 is 2.15 bits per heavy atom. The van der Waals surface area contributed by atoms with E-state index in [2.05, 4.69) is 0 Å². The summed E-state index contributed by atoms with van der Waals surface area (Å²) in [6.07, 6.45) is 7.42. The number of urea groups is 1. The zero-order valence-electron chi connectivity index (χ0n) is 12.6. The first-order valence-electron chi connectivity index (χ1n) is 7.71. The second kappa shape index (κ2) is 6.02. The number of likely N-dealkylation sites (tertiary alicyclic amines) is 1. The summed E-state index contributed by atoms with van der Waals surface area (Å²) in [5.74, 6) is -0.948. The van der Waals surface area contributed by atoms with Crippen LogP contribution in [0.3, 0.4) is 0 Å². The van der Waals surface area contributed by atoms with Crippen molar-refractivity contribution >= 4 is 12.0 Å². The molecule has 1 spiro atoms. The first kappa shape index (κ1) is 15.1. The Kier molecular flexibility index (Phi) is 4.55. The maximum Gasteiger partial charge on any atom is 0.323 e. The van der Waals surface area contributed by atoms with Gasteiger partial charge in [0.05, 0.1) is 0 Å². The zero-order valence-corrected chi connectivity index (χ0v) is 12.6. The number of carbonyl (C=O) groups is 2. The smallest absolute Gasteiger partial charge is 0.323 e. The van der Waals surface area contributed by atoms with E-state index in [-0.39, 0.29) is 18.6 Å². The highest BCUT2D eigenvalue weighted by Gasteiger charge is 2.39. The van der Waals surface area contributed by atoms with E-state index in [1.54, 1.807) is 0 Å². The molecule has 0 bridgehead atoms. The van der Waals surface area contributed by atoms with Crippen LogP contribution in [0.5, 0.6) is 0 Å². The second-order valence-corrected chi connectivity index (χ2v) is 6.59. The van der Waals surface area contributed by atoms with Gasteiger partial charge < -0.3 is 14.9 Å².